The largest absolute Gasteiger partial charge is 0.333 e. The number of hydrogen-bond acceptors (Lipinski definition) is 4. The summed E-state index contributed by atoms with van der Waals surface area (Å²) in [5, 5.41) is 23.6. The summed E-state index contributed by atoms with van der Waals surface area (Å²) in [4.78, 5) is 3.90. The van der Waals surface area contributed by atoms with Crippen LogP contribution in [0.15, 0.2) is 140 Å². The number of fused-ring (bicyclic) bond motifs is 10. The Morgan fingerprint density at radius 2 is 1.45 bits per heavy atom. The van der Waals surface area contributed by atoms with E-state index >= 15 is 0 Å². The van der Waals surface area contributed by atoms with Crippen molar-refractivity contribution in [3.63, 3.8) is 0 Å². The number of hydrogen-bond donors (Lipinski definition) is 0. The van der Waals surface area contributed by atoms with Crippen LogP contribution < -0.4 is 4.90 Å². The smallest absolute Gasteiger partial charge is 0.101 e. The zero-order valence-corrected chi connectivity index (χ0v) is 27.0. The maximum Gasteiger partial charge on any atom is 0.101 e. The molecule has 0 radical (unpaired) electrons. The second-order valence-electron chi connectivity index (χ2n) is 12.7. The summed E-state index contributed by atoms with van der Waals surface area (Å²) in [6, 6.07) is 51.3. The highest BCUT2D eigenvalue weighted by atomic mass is 32.1. The summed E-state index contributed by atoms with van der Waals surface area (Å²) in [7, 11) is 0. The summed E-state index contributed by atoms with van der Waals surface area (Å²) in [6.45, 7) is 0. The van der Waals surface area contributed by atoms with E-state index < -0.39 is 0 Å². The zero-order chi connectivity index (χ0) is 32.6. The number of para-hydroxylation sites is 3. The Bertz CT molecular complexity index is 2770. The molecule has 0 saturated carbocycles. The molecule has 10 rings (SSSR count). The first-order valence-corrected chi connectivity index (χ1v) is 17.2. The fraction of sp³-hybridized carbons (Fsp3) is 0.0455. The Morgan fingerprint density at radius 3 is 2.31 bits per heavy atom. The van der Waals surface area contributed by atoms with Crippen LogP contribution in [0.1, 0.15) is 33.0 Å². The number of aromatic nitrogens is 1. The van der Waals surface area contributed by atoms with Crippen LogP contribution in [-0.4, -0.2) is 10.6 Å². The fourth-order valence-corrected chi connectivity index (χ4v) is 9.50. The van der Waals surface area contributed by atoms with Crippen LogP contribution >= 0.6 is 11.3 Å². The number of nitriles is 2. The molecule has 0 spiro atoms. The quantitative estimate of drug-likeness (QED) is 0.193. The van der Waals surface area contributed by atoms with Gasteiger partial charge in [0.1, 0.15) is 6.07 Å². The lowest BCUT2D eigenvalue weighted by atomic mass is 9.85. The first-order valence-electron chi connectivity index (χ1n) is 16.4. The number of benzene rings is 6. The summed E-state index contributed by atoms with van der Waals surface area (Å²) < 4.78 is 3.52. The molecule has 3 heterocycles. The third kappa shape index (κ3) is 3.94. The van der Waals surface area contributed by atoms with Crippen molar-refractivity contribution in [1.29, 1.82) is 10.5 Å². The number of nitrogens with zero attached hydrogens (tertiary/aromatic N) is 4. The molecule has 0 bridgehead atoms. The lowest BCUT2D eigenvalue weighted by molar-refractivity contribution is 0.737. The van der Waals surface area contributed by atoms with Crippen LogP contribution in [0.4, 0.5) is 11.4 Å². The van der Waals surface area contributed by atoms with E-state index in [9.17, 15) is 10.5 Å². The second-order valence-corrected chi connectivity index (χ2v) is 13.8. The highest BCUT2D eigenvalue weighted by Gasteiger charge is 2.42. The van der Waals surface area contributed by atoms with E-state index in [2.05, 4.69) is 125 Å². The lowest BCUT2D eigenvalue weighted by Gasteiger charge is -2.30. The Hall–Kier alpha value is -6.40. The van der Waals surface area contributed by atoms with Crippen LogP contribution in [0.25, 0.3) is 54.8 Å². The minimum absolute atomic E-state index is 0.143. The van der Waals surface area contributed by atoms with E-state index in [1.54, 1.807) is 0 Å². The van der Waals surface area contributed by atoms with Gasteiger partial charge in [-0.2, -0.15) is 10.5 Å². The van der Waals surface area contributed by atoms with Gasteiger partial charge in [-0.25, -0.2) is 0 Å². The molecule has 49 heavy (non-hydrogen) atoms. The highest BCUT2D eigenvalue weighted by molar-refractivity contribution is 7.19. The van der Waals surface area contributed by atoms with Gasteiger partial charge in [0.25, 0.3) is 0 Å². The molecule has 0 saturated heterocycles. The maximum absolute atomic E-state index is 10.5. The normalized spacial score (nSPS) is 16.0. The van der Waals surface area contributed by atoms with E-state index in [0.29, 0.717) is 11.1 Å². The summed E-state index contributed by atoms with van der Waals surface area (Å²) in [5.41, 5.74) is 11.0. The molecule has 2 aromatic heterocycles. The first kappa shape index (κ1) is 27.7. The number of thiophene rings is 1. The van der Waals surface area contributed by atoms with Crippen molar-refractivity contribution < 1.29 is 0 Å². The molecule has 228 valence electrons. The van der Waals surface area contributed by atoms with Gasteiger partial charge in [-0.15, -0.1) is 11.3 Å². The van der Waals surface area contributed by atoms with Gasteiger partial charge in [0.15, 0.2) is 0 Å². The third-order valence-electron chi connectivity index (χ3n) is 10.2. The van der Waals surface area contributed by atoms with Crippen molar-refractivity contribution in [2.24, 2.45) is 0 Å². The fourth-order valence-electron chi connectivity index (χ4n) is 8.14. The SMILES string of the molecule is N#Cc1ccc2c(c1)c1ccccc1n2-c1c(C#N)cccc1-c1ccc2c(c1)N(c1ccccc1)C1C=Cc3c(sc4ccccc34)C21. The third-order valence-corrected chi connectivity index (χ3v) is 11.5. The van der Waals surface area contributed by atoms with E-state index in [1.165, 1.54) is 31.8 Å². The van der Waals surface area contributed by atoms with Crippen molar-refractivity contribution in [1.82, 2.24) is 4.57 Å². The van der Waals surface area contributed by atoms with Crippen molar-refractivity contribution in [3.8, 4) is 29.0 Å². The molecule has 0 N–H and O–H groups in total. The lowest BCUT2D eigenvalue weighted by Crippen LogP contribution is -2.29. The summed E-state index contributed by atoms with van der Waals surface area (Å²) >= 11 is 1.91. The van der Waals surface area contributed by atoms with Crippen molar-refractivity contribution in [2.75, 3.05) is 4.90 Å². The van der Waals surface area contributed by atoms with E-state index in [4.69, 9.17) is 0 Å². The van der Waals surface area contributed by atoms with E-state index in [0.717, 1.165) is 44.3 Å². The molecule has 5 heteroatoms. The number of anilines is 2. The maximum atomic E-state index is 10.5. The van der Waals surface area contributed by atoms with Gasteiger partial charge < -0.3 is 9.47 Å². The van der Waals surface area contributed by atoms with Gasteiger partial charge in [-0.05, 0) is 76.7 Å². The minimum atomic E-state index is 0.143. The molecule has 2 unspecified atom stereocenters. The standard InChI is InChI=1S/C44H26N4S/c45-25-27-17-21-38-36(23-27)32-12-4-6-15-37(32)48(38)43-29(26-46)9-8-14-31(43)28-18-19-35-40(24-28)47(30-10-2-1-3-11-30)39-22-20-34-33-13-5-7-16-41(33)49-44(34)42(35)39/h1-24,39,42H. The second kappa shape index (κ2) is 10.6. The van der Waals surface area contributed by atoms with Gasteiger partial charge in [-0.3, -0.25) is 0 Å². The molecule has 0 fully saturated rings. The van der Waals surface area contributed by atoms with Crippen LogP contribution in [0.5, 0.6) is 0 Å². The van der Waals surface area contributed by atoms with Gasteiger partial charge in [0, 0.05) is 43.2 Å². The predicted molar refractivity (Wildman–Crippen MR) is 201 cm³/mol. The molecule has 2 aliphatic rings. The zero-order valence-electron chi connectivity index (χ0n) is 26.2. The monoisotopic (exact) mass is 642 g/mol. The minimum Gasteiger partial charge on any atom is -0.333 e. The molecule has 1 aliphatic heterocycles. The Kier molecular flexibility index (Phi) is 5.96. The van der Waals surface area contributed by atoms with Crippen molar-refractivity contribution in [2.45, 2.75) is 12.0 Å². The average Bonchev–Trinajstić information content (AvgIpc) is 3.81. The summed E-state index contributed by atoms with van der Waals surface area (Å²) in [6.07, 6.45) is 4.71. The predicted octanol–water partition coefficient (Wildman–Crippen LogP) is 11.1. The topological polar surface area (TPSA) is 55.8 Å². The highest BCUT2D eigenvalue weighted by Crippen LogP contribution is 2.55. The molecule has 8 aromatic rings. The van der Waals surface area contributed by atoms with E-state index in [1.807, 2.05) is 53.8 Å². The van der Waals surface area contributed by atoms with E-state index in [-0.39, 0.29) is 12.0 Å². The van der Waals surface area contributed by atoms with Crippen LogP contribution in [0.2, 0.25) is 0 Å². The Morgan fingerprint density at radius 1 is 0.653 bits per heavy atom. The molecule has 4 nitrogen and oxygen atoms in total. The molecule has 2 atom stereocenters. The van der Waals surface area contributed by atoms with Gasteiger partial charge >= 0.3 is 0 Å². The van der Waals surface area contributed by atoms with Crippen LogP contribution in [0.3, 0.4) is 0 Å². The van der Waals surface area contributed by atoms with Crippen molar-refractivity contribution >= 4 is 60.7 Å². The van der Waals surface area contributed by atoms with Gasteiger partial charge in [0.2, 0.25) is 0 Å². The van der Waals surface area contributed by atoms with Crippen LogP contribution in [0, 0.1) is 22.7 Å². The summed E-state index contributed by atoms with van der Waals surface area (Å²) in [5.74, 6) is 0.207. The van der Waals surface area contributed by atoms with Crippen LogP contribution in [-0.2, 0) is 0 Å². The average molecular weight is 643 g/mol. The van der Waals surface area contributed by atoms with Gasteiger partial charge in [-0.1, -0.05) is 91.0 Å². The molecule has 6 aromatic carbocycles. The molecule has 1 aliphatic carbocycles. The molecule has 0 amide bonds. The van der Waals surface area contributed by atoms with Gasteiger partial charge in [0.05, 0.1) is 40.0 Å². The Balaban J connectivity index is 1.22. The molecular weight excluding hydrogens is 617 g/mol. The van der Waals surface area contributed by atoms with Crippen molar-refractivity contribution in [3.05, 3.63) is 167 Å². The first-order chi connectivity index (χ1) is 24.2. The Labute approximate surface area is 287 Å². The number of rotatable bonds is 3. The molecular formula is C44H26N4S.